The fourth-order valence-electron chi connectivity index (χ4n) is 3.93. The number of carbonyl (C=O) groups is 2. The molecule has 204 valence electrons. The number of ether oxygens (including phenoxy) is 3. The molecule has 2 aromatic carbocycles. The predicted molar refractivity (Wildman–Crippen MR) is 146 cm³/mol. The Bertz CT molecular complexity index is 876. The topological polar surface area (TPSA) is 82.1 Å². The number of hydrogen-bond donors (Lipinski definition) is 1. The quantitative estimate of drug-likeness (QED) is 0.112. The third-order valence-electron chi connectivity index (χ3n) is 6.19. The summed E-state index contributed by atoms with van der Waals surface area (Å²) >= 11 is 0. The van der Waals surface area contributed by atoms with Crippen LogP contribution in [0.3, 0.4) is 0 Å². The molecular formula is C31H44O6. The molecule has 0 atom stereocenters. The Morgan fingerprint density at radius 2 is 1.08 bits per heavy atom. The van der Waals surface area contributed by atoms with Gasteiger partial charge in [0, 0.05) is 6.61 Å². The van der Waals surface area contributed by atoms with Crippen molar-refractivity contribution < 1.29 is 28.9 Å². The Morgan fingerprint density at radius 1 is 0.595 bits per heavy atom. The highest BCUT2D eigenvalue weighted by Crippen LogP contribution is 2.18. The van der Waals surface area contributed by atoms with Crippen LogP contribution in [0.4, 0.5) is 0 Å². The van der Waals surface area contributed by atoms with Gasteiger partial charge >= 0.3 is 11.9 Å². The van der Waals surface area contributed by atoms with Gasteiger partial charge in [-0.3, -0.25) is 0 Å². The molecule has 6 heteroatoms. The van der Waals surface area contributed by atoms with E-state index in [1.807, 2.05) is 0 Å². The van der Waals surface area contributed by atoms with Crippen molar-refractivity contribution in [2.75, 3.05) is 19.8 Å². The summed E-state index contributed by atoms with van der Waals surface area (Å²) in [6.07, 6.45) is 15.1. The molecular weight excluding hydrogens is 468 g/mol. The Labute approximate surface area is 222 Å². The van der Waals surface area contributed by atoms with Gasteiger partial charge in [0.25, 0.3) is 0 Å². The van der Waals surface area contributed by atoms with E-state index in [-0.39, 0.29) is 6.61 Å². The molecule has 6 nitrogen and oxygen atoms in total. The molecule has 0 heterocycles. The van der Waals surface area contributed by atoms with Gasteiger partial charge in [-0.05, 0) is 74.2 Å². The highest BCUT2D eigenvalue weighted by molar-refractivity contribution is 5.92. The first-order valence-electron chi connectivity index (χ1n) is 14.0. The van der Waals surface area contributed by atoms with E-state index in [1.165, 1.54) is 57.8 Å². The summed E-state index contributed by atoms with van der Waals surface area (Å²) in [4.78, 5) is 24.5. The van der Waals surface area contributed by atoms with E-state index >= 15 is 0 Å². The molecule has 0 saturated heterocycles. The summed E-state index contributed by atoms with van der Waals surface area (Å²) in [5.41, 5.74) is 0.823. The zero-order valence-electron chi connectivity index (χ0n) is 22.4. The molecule has 0 aliphatic rings. The van der Waals surface area contributed by atoms with Crippen LogP contribution >= 0.6 is 0 Å². The molecule has 0 aromatic heterocycles. The number of carbonyl (C=O) groups excluding carboxylic acids is 2. The number of rotatable bonds is 20. The summed E-state index contributed by atoms with van der Waals surface area (Å²) in [6.45, 7) is 3.39. The molecule has 0 amide bonds. The van der Waals surface area contributed by atoms with Gasteiger partial charge in [0.1, 0.15) is 11.5 Å². The van der Waals surface area contributed by atoms with E-state index in [1.54, 1.807) is 48.5 Å². The zero-order chi connectivity index (χ0) is 26.6. The van der Waals surface area contributed by atoms with Gasteiger partial charge in [0.05, 0.1) is 24.3 Å². The first kappa shape index (κ1) is 30.4. The van der Waals surface area contributed by atoms with Crippen LogP contribution in [0.5, 0.6) is 11.5 Å². The van der Waals surface area contributed by atoms with E-state index in [9.17, 15) is 9.59 Å². The van der Waals surface area contributed by atoms with Gasteiger partial charge < -0.3 is 19.3 Å². The molecule has 0 unspecified atom stereocenters. The van der Waals surface area contributed by atoms with Crippen LogP contribution in [0, 0.1) is 0 Å². The van der Waals surface area contributed by atoms with Gasteiger partial charge in [-0.25, -0.2) is 9.59 Å². The maximum atomic E-state index is 12.5. The number of hydrogen-bond acceptors (Lipinski definition) is 6. The van der Waals surface area contributed by atoms with E-state index in [0.717, 1.165) is 18.6 Å². The van der Waals surface area contributed by atoms with Gasteiger partial charge in [-0.2, -0.15) is 0 Å². The average Bonchev–Trinajstić information content (AvgIpc) is 2.92. The van der Waals surface area contributed by atoms with Gasteiger partial charge in [0.2, 0.25) is 0 Å². The van der Waals surface area contributed by atoms with Crippen LogP contribution in [-0.2, 0) is 4.74 Å². The van der Waals surface area contributed by atoms with Crippen molar-refractivity contribution in [2.45, 2.75) is 90.4 Å². The lowest BCUT2D eigenvalue weighted by Crippen LogP contribution is -2.09. The maximum Gasteiger partial charge on any atom is 0.343 e. The number of esters is 2. The summed E-state index contributed by atoms with van der Waals surface area (Å²) in [6, 6.07) is 13.2. The van der Waals surface area contributed by atoms with Crippen LogP contribution in [0.1, 0.15) is 111 Å². The summed E-state index contributed by atoms with van der Waals surface area (Å²) < 4.78 is 16.4. The summed E-state index contributed by atoms with van der Waals surface area (Å²) in [7, 11) is 0. The van der Waals surface area contributed by atoms with Crippen molar-refractivity contribution in [1.29, 1.82) is 0 Å². The maximum absolute atomic E-state index is 12.5. The third-order valence-corrected chi connectivity index (χ3v) is 6.19. The second-order valence-electron chi connectivity index (χ2n) is 9.39. The Morgan fingerprint density at radius 3 is 1.68 bits per heavy atom. The van der Waals surface area contributed by atoms with Crippen LogP contribution in [0.15, 0.2) is 48.5 Å². The minimum Gasteiger partial charge on any atom is -0.494 e. The standard InChI is InChI=1S/C31H44O6/c1-2-3-4-5-6-7-8-9-10-13-24-35-28-19-15-27(16-20-28)31(34)37-29-21-17-26(18-22-29)30(33)36-25-14-11-12-23-32/h15-22,32H,2-14,23-25H2,1H3. The highest BCUT2D eigenvalue weighted by Gasteiger charge is 2.11. The van der Waals surface area contributed by atoms with Crippen molar-refractivity contribution in [3.63, 3.8) is 0 Å². The lowest BCUT2D eigenvalue weighted by molar-refractivity contribution is 0.0496. The minimum atomic E-state index is -0.472. The van der Waals surface area contributed by atoms with Crippen molar-refractivity contribution in [2.24, 2.45) is 0 Å². The first-order chi connectivity index (χ1) is 18.1. The summed E-state index contributed by atoms with van der Waals surface area (Å²) in [5, 5.41) is 8.77. The molecule has 37 heavy (non-hydrogen) atoms. The lowest BCUT2D eigenvalue weighted by atomic mass is 10.1. The van der Waals surface area contributed by atoms with Crippen LogP contribution in [-0.4, -0.2) is 36.9 Å². The van der Waals surface area contributed by atoms with Crippen molar-refractivity contribution in [3.8, 4) is 11.5 Å². The lowest BCUT2D eigenvalue weighted by Gasteiger charge is -2.08. The fourth-order valence-corrected chi connectivity index (χ4v) is 3.93. The van der Waals surface area contributed by atoms with Crippen molar-refractivity contribution >= 4 is 11.9 Å². The predicted octanol–water partition coefficient (Wildman–Crippen LogP) is 7.52. The molecule has 0 radical (unpaired) electrons. The van der Waals surface area contributed by atoms with Crippen LogP contribution < -0.4 is 9.47 Å². The van der Waals surface area contributed by atoms with Gasteiger partial charge in [-0.1, -0.05) is 64.7 Å². The number of unbranched alkanes of at least 4 members (excludes halogenated alkanes) is 11. The largest absolute Gasteiger partial charge is 0.494 e. The molecule has 0 bridgehead atoms. The summed E-state index contributed by atoms with van der Waals surface area (Å²) in [5.74, 6) is 0.202. The zero-order valence-corrected chi connectivity index (χ0v) is 22.4. The Balaban J connectivity index is 1.62. The van der Waals surface area contributed by atoms with Gasteiger partial charge in [-0.15, -0.1) is 0 Å². The van der Waals surface area contributed by atoms with E-state index in [4.69, 9.17) is 19.3 Å². The first-order valence-corrected chi connectivity index (χ1v) is 14.0. The van der Waals surface area contributed by atoms with E-state index in [0.29, 0.717) is 42.9 Å². The second kappa shape index (κ2) is 19.3. The highest BCUT2D eigenvalue weighted by atomic mass is 16.5. The number of aliphatic hydroxyl groups excluding tert-OH is 1. The molecule has 0 saturated carbocycles. The van der Waals surface area contributed by atoms with Crippen molar-refractivity contribution in [3.05, 3.63) is 59.7 Å². The normalized spacial score (nSPS) is 10.8. The molecule has 1 N–H and O–H groups in total. The molecule has 2 aromatic rings. The Kier molecular flexibility index (Phi) is 15.8. The van der Waals surface area contributed by atoms with Crippen molar-refractivity contribution in [1.82, 2.24) is 0 Å². The smallest absolute Gasteiger partial charge is 0.343 e. The molecule has 0 fully saturated rings. The monoisotopic (exact) mass is 512 g/mol. The molecule has 0 aliphatic carbocycles. The Hall–Kier alpha value is -2.86. The number of aliphatic hydroxyl groups is 1. The van der Waals surface area contributed by atoms with E-state index in [2.05, 4.69) is 6.92 Å². The van der Waals surface area contributed by atoms with Crippen LogP contribution in [0.2, 0.25) is 0 Å². The molecule has 2 rings (SSSR count). The third kappa shape index (κ3) is 13.3. The van der Waals surface area contributed by atoms with Gasteiger partial charge in [0.15, 0.2) is 0 Å². The molecule has 0 spiro atoms. The fraction of sp³-hybridized carbons (Fsp3) is 0.548. The number of benzene rings is 2. The van der Waals surface area contributed by atoms with Crippen LogP contribution in [0.25, 0.3) is 0 Å². The SMILES string of the molecule is CCCCCCCCCCCCOc1ccc(C(=O)Oc2ccc(C(=O)OCCCCCO)cc2)cc1. The average molecular weight is 513 g/mol. The molecule has 0 aliphatic heterocycles. The minimum absolute atomic E-state index is 0.144. The van der Waals surface area contributed by atoms with E-state index < -0.39 is 11.9 Å². The second-order valence-corrected chi connectivity index (χ2v) is 9.39.